The summed E-state index contributed by atoms with van der Waals surface area (Å²) in [7, 11) is -17.1. The van der Waals surface area contributed by atoms with Gasteiger partial charge in [0.1, 0.15) is 0 Å². The number of benzene rings is 4. The lowest BCUT2D eigenvalue weighted by Crippen LogP contribution is -2.18. The van der Waals surface area contributed by atoms with Crippen molar-refractivity contribution in [2.45, 2.75) is 19.6 Å². The molecule has 4 aromatic carbocycles. The summed E-state index contributed by atoms with van der Waals surface area (Å²) in [5, 5.41) is 0. The van der Waals surface area contributed by atoms with Crippen molar-refractivity contribution in [1.82, 2.24) is 0 Å². The summed E-state index contributed by atoms with van der Waals surface area (Å²) in [5.74, 6) is 0. The third kappa shape index (κ3) is 5.74. The van der Waals surface area contributed by atoms with Gasteiger partial charge in [0.25, 0.3) is 40.1 Å². The van der Waals surface area contributed by atoms with Crippen LogP contribution < -0.4 is 18.9 Å². The Morgan fingerprint density at radius 3 is 0.725 bits per heavy atom. The number of nitrogens with one attached hydrogen (secondary N) is 4. The van der Waals surface area contributed by atoms with Gasteiger partial charge in [0.2, 0.25) is 0 Å². The van der Waals surface area contributed by atoms with E-state index in [2.05, 4.69) is 18.9 Å². The van der Waals surface area contributed by atoms with Crippen LogP contribution in [0.1, 0.15) is 0 Å². The molecule has 40 heavy (non-hydrogen) atoms. The van der Waals surface area contributed by atoms with Crippen LogP contribution in [0.5, 0.6) is 0 Å². The second-order valence-electron chi connectivity index (χ2n) is 8.53. The molecule has 1 heterocycles. The third-order valence-corrected chi connectivity index (χ3v) is 11.1. The Kier molecular flexibility index (Phi) is 6.73. The van der Waals surface area contributed by atoms with Crippen LogP contribution in [-0.2, 0) is 40.1 Å². The van der Waals surface area contributed by atoms with Crippen molar-refractivity contribution in [2.75, 3.05) is 18.9 Å². The molecule has 0 saturated carbocycles. The third-order valence-electron chi connectivity index (χ3n) is 5.59. The fourth-order valence-electron chi connectivity index (χ4n) is 3.76. The van der Waals surface area contributed by atoms with Crippen molar-refractivity contribution in [2.24, 2.45) is 0 Å². The van der Waals surface area contributed by atoms with Crippen molar-refractivity contribution in [3.63, 3.8) is 0 Å². The van der Waals surface area contributed by atoms with Crippen molar-refractivity contribution < 1.29 is 33.7 Å². The minimum Gasteiger partial charge on any atom is -0.280 e. The second-order valence-corrected chi connectivity index (χ2v) is 15.3. The zero-order valence-electron chi connectivity index (χ0n) is 20.1. The average Bonchev–Trinajstić information content (AvgIpc) is 2.88. The standard InChI is InChI=1S/C24H20N4O8S4/c29-37(30)21-9-1-5-17(13-21)25-38(31,32)22-10-3-7-19(15-22)27-40(35,36)24-12-4-8-20(16-24)28-39(33,34)23-11-2-6-18(14-23)26-37/h1-16,25-28H. The highest BCUT2D eigenvalue weighted by molar-refractivity contribution is 7.94. The molecule has 5 rings (SSSR count). The highest BCUT2D eigenvalue weighted by Gasteiger charge is 2.22. The van der Waals surface area contributed by atoms with Crippen LogP contribution in [-0.4, -0.2) is 33.7 Å². The highest BCUT2D eigenvalue weighted by atomic mass is 32.2. The number of hydrogen-bond acceptors (Lipinski definition) is 8. The molecular weight excluding hydrogens is 601 g/mol. The Labute approximate surface area is 231 Å². The lowest BCUT2D eigenvalue weighted by Gasteiger charge is -2.15. The molecule has 0 amide bonds. The van der Waals surface area contributed by atoms with E-state index in [1.165, 1.54) is 72.8 Å². The Morgan fingerprint density at radius 1 is 0.325 bits per heavy atom. The maximum absolute atomic E-state index is 13.1. The Balaban J connectivity index is 1.67. The molecule has 8 bridgehead atoms. The zero-order chi connectivity index (χ0) is 28.8. The average molecular weight is 621 g/mol. The molecule has 208 valence electrons. The van der Waals surface area contributed by atoms with Crippen molar-refractivity contribution in [3.05, 3.63) is 97.1 Å². The summed E-state index contributed by atoms with van der Waals surface area (Å²) in [5.41, 5.74) is -0.331. The molecular formula is C24H20N4O8S4. The molecule has 12 nitrogen and oxygen atoms in total. The van der Waals surface area contributed by atoms with Gasteiger partial charge in [-0.25, -0.2) is 33.7 Å². The van der Waals surface area contributed by atoms with Crippen LogP contribution >= 0.6 is 0 Å². The summed E-state index contributed by atoms with van der Waals surface area (Å²) < 4.78 is 114. The highest BCUT2D eigenvalue weighted by Crippen LogP contribution is 2.27. The summed E-state index contributed by atoms with van der Waals surface area (Å²) in [6.45, 7) is 0. The number of anilines is 4. The van der Waals surface area contributed by atoms with Crippen LogP contribution in [0.15, 0.2) is 117 Å². The first-order valence-corrected chi connectivity index (χ1v) is 17.2. The van der Waals surface area contributed by atoms with Gasteiger partial charge >= 0.3 is 0 Å². The minimum absolute atomic E-state index is 0.0828. The van der Waals surface area contributed by atoms with E-state index in [0.717, 1.165) is 24.3 Å². The fourth-order valence-corrected chi connectivity index (χ4v) is 8.14. The smallest absolute Gasteiger partial charge is 0.261 e. The van der Waals surface area contributed by atoms with Gasteiger partial charge in [0.05, 0.1) is 42.3 Å². The summed E-state index contributed by atoms with van der Waals surface area (Å²) in [4.78, 5) is -1.20. The molecule has 0 spiro atoms. The molecule has 16 heteroatoms. The van der Waals surface area contributed by atoms with Gasteiger partial charge < -0.3 is 0 Å². The molecule has 0 fully saturated rings. The normalized spacial score (nSPS) is 18.4. The molecule has 0 aliphatic carbocycles. The first-order chi connectivity index (χ1) is 18.7. The van der Waals surface area contributed by atoms with Gasteiger partial charge in [-0.3, -0.25) is 18.9 Å². The predicted octanol–water partition coefficient (Wildman–Crippen LogP) is 3.20. The summed E-state index contributed by atoms with van der Waals surface area (Å²) in [6, 6.07) is 19.9. The number of rotatable bonds is 0. The Hall–Kier alpha value is -4.12. The summed E-state index contributed by atoms with van der Waals surface area (Å²) in [6.07, 6.45) is 0. The topological polar surface area (TPSA) is 185 Å². The largest absolute Gasteiger partial charge is 0.280 e. The van der Waals surface area contributed by atoms with E-state index in [-0.39, 0.29) is 42.3 Å². The van der Waals surface area contributed by atoms with Gasteiger partial charge in [0, 0.05) is 0 Å². The zero-order valence-corrected chi connectivity index (χ0v) is 23.4. The van der Waals surface area contributed by atoms with Crippen LogP contribution in [0.2, 0.25) is 0 Å². The maximum atomic E-state index is 13.1. The van der Waals surface area contributed by atoms with Crippen LogP contribution in [0.25, 0.3) is 0 Å². The first-order valence-electron chi connectivity index (χ1n) is 11.3. The van der Waals surface area contributed by atoms with E-state index in [9.17, 15) is 33.7 Å². The lowest BCUT2D eigenvalue weighted by molar-refractivity contribution is 0.598. The monoisotopic (exact) mass is 620 g/mol. The first kappa shape index (κ1) is 27.4. The molecule has 1 aliphatic rings. The quantitative estimate of drug-likeness (QED) is 0.231. The van der Waals surface area contributed by atoms with Crippen molar-refractivity contribution in [3.8, 4) is 0 Å². The molecule has 4 N–H and O–H groups in total. The van der Waals surface area contributed by atoms with E-state index in [4.69, 9.17) is 0 Å². The molecule has 4 aromatic rings. The van der Waals surface area contributed by atoms with E-state index in [1.807, 2.05) is 0 Å². The molecule has 1 aliphatic heterocycles. The van der Waals surface area contributed by atoms with Crippen LogP contribution in [0.4, 0.5) is 22.7 Å². The maximum Gasteiger partial charge on any atom is 0.261 e. The van der Waals surface area contributed by atoms with Crippen molar-refractivity contribution in [1.29, 1.82) is 0 Å². The molecule has 0 aromatic heterocycles. The molecule has 0 atom stereocenters. The van der Waals surface area contributed by atoms with Gasteiger partial charge in [0.15, 0.2) is 0 Å². The van der Waals surface area contributed by atoms with Gasteiger partial charge in [-0.2, -0.15) is 0 Å². The number of hydrogen-bond donors (Lipinski definition) is 4. The number of sulfonamides is 4. The predicted molar refractivity (Wildman–Crippen MR) is 149 cm³/mol. The molecule has 0 saturated heterocycles. The van der Waals surface area contributed by atoms with Gasteiger partial charge in [-0.05, 0) is 72.8 Å². The van der Waals surface area contributed by atoms with Gasteiger partial charge in [-0.1, -0.05) is 24.3 Å². The van der Waals surface area contributed by atoms with E-state index < -0.39 is 40.1 Å². The molecule has 0 radical (unpaired) electrons. The fraction of sp³-hybridized carbons (Fsp3) is 0. The lowest BCUT2D eigenvalue weighted by atomic mass is 10.3. The van der Waals surface area contributed by atoms with E-state index >= 15 is 0 Å². The number of fused-ring (bicyclic) bond motifs is 8. The Bertz CT molecular complexity index is 1780. The molecule has 0 unspecified atom stereocenters. The Morgan fingerprint density at radius 2 is 0.525 bits per heavy atom. The van der Waals surface area contributed by atoms with Gasteiger partial charge in [-0.15, -0.1) is 0 Å². The second kappa shape index (κ2) is 9.81. The van der Waals surface area contributed by atoms with Crippen LogP contribution in [0.3, 0.4) is 0 Å². The minimum atomic E-state index is -4.27. The SMILES string of the molecule is O=S1(=O)Nc2cccc(c2)S(=O)(=O)Nc2cccc(c2)S(=O)(=O)Nc2cccc(c2)S(=O)(=O)Nc2cccc1c2. The summed E-state index contributed by atoms with van der Waals surface area (Å²) >= 11 is 0. The van der Waals surface area contributed by atoms with Crippen molar-refractivity contribution >= 4 is 62.8 Å². The van der Waals surface area contributed by atoms with E-state index in [0.29, 0.717) is 0 Å². The van der Waals surface area contributed by atoms with E-state index in [1.54, 1.807) is 0 Å². The van der Waals surface area contributed by atoms with Crippen LogP contribution in [0, 0.1) is 0 Å².